The Kier molecular flexibility index (Phi) is 4.77. The first-order valence-corrected chi connectivity index (χ1v) is 7.14. The minimum absolute atomic E-state index is 0.514. The van der Waals surface area contributed by atoms with Crippen molar-refractivity contribution in [2.24, 2.45) is 9.98 Å². The zero-order chi connectivity index (χ0) is 14.5. The fourth-order valence-electron chi connectivity index (χ4n) is 2.42. The minimum atomic E-state index is 0.514. The zero-order valence-electron chi connectivity index (χ0n) is 12.9. The number of rotatable bonds is 1. The molecule has 0 amide bonds. The van der Waals surface area contributed by atoms with Crippen LogP contribution in [0.2, 0.25) is 0 Å². The Labute approximate surface area is 121 Å². The molecule has 0 fully saturated rings. The first-order chi connectivity index (χ1) is 9.58. The van der Waals surface area contributed by atoms with Gasteiger partial charge >= 0.3 is 0 Å². The summed E-state index contributed by atoms with van der Waals surface area (Å²) in [6.45, 7) is 7.24. The number of hydrogen-bond acceptors (Lipinski definition) is 4. The van der Waals surface area contributed by atoms with E-state index >= 15 is 0 Å². The van der Waals surface area contributed by atoms with E-state index in [9.17, 15) is 0 Å². The van der Waals surface area contributed by atoms with E-state index in [-0.39, 0.29) is 0 Å². The van der Waals surface area contributed by atoms with Crippen molar-refractivity contribution in [3.8, 4) is 0 Å². The molecule has 20 heavy (non-hydrogen) atoms. The van der Waals surface area contributed by atoms with Crippen molar-refractivity contribution in [3.05, 3.63) is 35.9 Å². The summed E-state index contributed by atoms with van der Waals surface area (Å²) in [5.41, 5.74) is 1.22. The first-order valence-electron chi connectivity index (χ1n) is 7.14. The lowest BCUT2D eigenvalue weighted by Gasteiger charge is -2.12. The van der Waals surface area contributed by atoms with E-state index in [0.29, 0.717) is 6.04 Å². The molecule has 0 spiro atoms. The van der Waals surface area contributed by atoms with E-state index in [1.165, 1.54) is 5.56 Å². The van der Waals surface area contributed by atoms with E-state index in [1.54, 1.807) is 0 Å². The number of amidine groups is 2. The van der Waals surface area contributed by atoms with Gasteiger partial charge < -0.3 is 9.80 Å². The molecule has 4 heteroatoms. The molecule has 0 aliphatic carbocycles. The van der Waals surface area contributed by atoms with Crippen molar-refractivity contribution in [1.82, 2.24) is 9.80 Å². The third-order valence-corrected chi connectivity index (χ3v) is 3.59. The average Bonchev–Trinajstić information content (AvgIpc) is 2.98. The Morgan fingerprint density at radius 3 is 2.20 bits per heavy atom. The molecule has 0 saturated carbocycles. The maximum Gasteiger partial charge on any atom is 0.130 e. The highest BCUT2D eigenvalue weighted by atomic mass is 15.2. The zero-order valence-corrected chi connectivity index (χ0v) is 12.9. The molecule has 1 aromatic rings. The second kappa shape index (κ2) is 6.55. The fourth-order valence-corrected chi connectivity index (χ4v) is 2.42. The van der Waals surface area contributed by atoms with Crippen LogP contribution >= 0.6 is 0 Å². The van der Waals surface area contributed by atoms with Crippen LogP contribution < -0.4 is 0 Å². The lowest BCUT2D eigenvalue weighted by atomic mass is 10.2. The Bertz CT molecular complexity index is 492. The second-order valence-corrected chi connectivity index (χ2v) is 5.40. The van der Waals surface area contributed by atoms with Crippen LogP contribution in [-0.2, 0) is 0 Å². The van der Waals surface area contributed by atoms with Crippen LogP contribution in [0.3, 0.4) is 0 Å². The van der Waals surface area contributed by atoms with Gasteiger partial charge in [-0.15, -0.1) is 0 Å². The Morgan fingerprint density at radius 2 is 1.80 bits per heavy atom. The molecule has 4 nitrogen and oxygen atoms in total. The highest BCUT2D eigenvalue weighted by Gasteiger charge is 2.13. The van der Waals surface area contributed by atoms with Crippen LogP contribution in [0.25, 0.3) is 0 Å². The highest BCUT2D eigenvalue weighted by molar-refractivity contribution is 5.99. The molecule has 2 aliphatic rings. The summed E-state index contributed by atoms with van der Waals surface area (Å²) in [6, 6.07) is 10.8. The summed E-state index contributed by atoms with van der Waals surface area (Å²) in [6.07, 6.45) is 0. The topological polar surface area (TPSA) is 31.2 Å². The van der Waals surface area contributed by atoms with Gasteiger partial charge in [0.2, 0.25) is 0 Å². The number of aliphatic imine (C=N–C) groups is 2. The van der Waals surface area contributed by atoms with Crippen LogP contribution in [0.1, 0.15) is 19.4 Å². The molecule has 0 radical (unpaired) electrons. The number of benzene rings is 1. The maximum atomic E-state index is 4.43. The number of hydrogen-bond donors (Lipinski definition) is 0. The molecule has 2 aliphatic heterocycles. The molecule has 0 aromatic heterocycles. The molecule has 1 unspecified atom stereocenters. The molecule has 3 rings (SSSR count). The summed E-state index contributed by atoms with van der Waals surface area (Å²) >= 11 is 0. The van der Waals surface area contributed by atoms with Crippen molar-refractivity contribution in [3.63, 3.8) is 0 Å². The predicted octanol–water partition coefficient (Wildman–Crippen LogP) is 2.12. The average molecular weight is 272 g/mol. The van der Waals surface area contributed by atoms with Crippen molar-refractivity contribution < 1.29 is 0 Å². The van der Waals surface area contributed by atoms with Gasteiger partial charge in [0.25, 0.3) is 0 Å². The monoisotopic (exact) mass is 272 g/mol. The summed E-state index contributed by atoms with van der Waals surface area (Å²) < 4.78 is 0. The third-order valence-electron chi connectivity index (χ3n) is 3.59. The quantitative estimate of drug-likeness (QED) is 0.784. The Balaban J connectivity index is 0.000000160. The summed E-state index contributed by atoms with van der Waals surface area (Å²) in [7, 11) is 4.15. The van der Waals surface area contributed by atoms with E-state index in [2.05, 4.69) is 52.9 Å². The van der Waals surface area contributed by atoms with Crippen molar-refractivity contribution in [1.29, 1.82) is 0 Å². The number of likely N-dealkylation sites (N-methyl/N-ethyl adjacent to an activating group) is 2. The van der Waals surface area contributed by atoms with Crippen LogP contribution in [0, 0.1) is 0 Å². The van der Waals surface area contributed by atoms with E-state index < -0.39 is 0 Å². The standard InChI is InChI=1S/C10H12N2.C6H12N2/c1-12-8-7-11-10(12)9-5-3-2-4-6-9;1-5-4-8(3)6(2)7-5/h2-6H,7-8H2,1H3;5H,4H2,1-3H3. The molecule has 0 saturated heterocycles. The smallest absolute Gasteiger partial charge is 0.130 e. The fraction of sp³-hybridized carbons (Fsp3) is 0.500. The Morgan fingerprint density at radius 1 is 1.10 bits per heavy atom. The van der Waals surface area contributed by atoms with Gasteiger partial charge in [0, 0.05) is 32.7 Å². The van der Waals surface area contributed by atoms with Gasteiger partial charge in [-0.2, -0.15) is 0 Å². The predicted molar refractivity (Wildman–Crippen MR) is 85.7 cm³/mol. The van der Waals surface area contributed by atoms with Crippen LogP contribution in [0.4, 0.5) is 0 Å². The summed E-state index contributed by atoms with van der Waals surface area (Å²) in [5.74, 6) is 2.29. The number of nitrogens with zero attached hydrogens (tertiary/aromatic N) is 4. The molecule has 1 atom stereocenters. The Hall–Kier alpha value is -1.84. The van der Waals surface area contributed by atoms with Crippen molar-refractivity contribution in [2.45, 2.75) is 19.9 Å². The summed E-state index contributed by atoms with van der Waals surface area (Å²) in [4.78, 5) is 13.1. The van der Waals surface area contributed by atoms with E-state index in [4.69, 9.17) is 0 Å². The first kappa shape index (κ1) is 14.6. The van der Waals surface area contributed by atoms with Crippen LogP contribution in [0.5, 0.6) is 0 Å². The molecule has 0 bridgehead atoms. The molecule has 0 N–H and O–H groups in total. The molecular weight excluding hydrogens is 248 g/mol. The molecule has 2 heterocycles. The molecular formula is C16H24N4. The van der Waals surface area contributed by atoms with Gasteiger partial charge in [0.1, 0.15) is 5.84 Å². The lowest BCUT2D eigenvalue weighted by Crippen LogP contribution is -2.23. The maximum absolute atomic E-state index is 4.43. The van der Waals surface area contributed by atoms with Gasteiger partial charge in [-0.3, -0.25) is 9.98 Å². The van der Waals surface area contributed by atoms with Gasteiger partial charge in [-0.1, -0.05) is 30.3 Å². The van der Waals surface area contributed by atoms with Gasteiger partial charge in [0.15, 0.2) is 0 Å². The normalized spacial score (nSPS) is 21.3. The molecule has 108 valence electrons. The van der Waals surface area contributed by atoms with Crippen molar-refractivity contribution >= 4 is 11.7 Å². The SMILES string of the molecule is CC1=NC(C)CN1C.CN1CCN=C1c1ccccc1. The second-order valence-electron chi connectivity index (χ2n) is 5.40. The largest absolute Gasteiger partial charge is 0.362 e. The van der Waals surface area contributed by atoms with E-state index in [1.807, 2.05) is 25.1 Å². The molecule has 1 aromatic carbocycles. The highest BCUT2D eigenvalue weighted by Crippen LogP contribution is 2.08. The van der Waals surface area contributed by atoms with Crippen LogP contribution in [0.15, 0.2) is 40.3 Å². The van der Waals surface area contributed by atoms with E-state index in [0.717, 1.165) is 31.3 Å². The van der Waals surface area contributed by atoms with Gasteiger partial charge in [0.05, 0.1) is 18.4 Å². The third kappa shape index (κ3) is 3.59. The lowest BCUT2D eigenvalue weighted by molar-refractivity contribution is 0.511. The summed E-state index contributed by atoms with van der Waals surface area (Å²) in [5, 5.41) is 0. The van der Waals surface area contributed by atoms with Crippen molar-refractivity contribution in [2.75, 3.05) is 33.7 Å². The van der Waals surface area contributed by atoms with Gasteiger partial charge in [-0.25, -0.2) is 0 Å². The van der Waals surface area contributed by atoms with Gasteiger partial charge in [-0.05, 0) is 13.8 Å². The minimum Gasteiger partial charge on any atom is -0.362 e. The van der Waals surface area contributed by atoms with Crippen LogP contribution in [-0.4, -0.2) is 61.2 Å².